The molecule has 30 heavy (non-hydrogen) atoms. The molecular weight excluding hydrogens is 396 g/mol. The first-order valence-electron chi connectivity index (χ1n) is 9.75. The number of amides is 2. The fourth-order valence-electron chi connectivity index (χ4n) is 4.04. The highest BCUT2D eigenvalue weighted by atomic mass is 32.2. The van der Waals surface area contributed by atoms with Gasteiger partial charge in [-0.2, -0.15) is 5.10 Å². The van der Waals surface area contributed by atoms with Gasteiger partial charge in [-0.25, -0.2) is 0 Å². The Hall–Kier alpha value is -3.06. The largest absolute Gasteiger partial charge is 0.339 e. The normalized spacial score (nSPS) is 17.9. The summed E-state index contributed by atoms with van der Waals surface area (Å²) in [5.41, 5.74) is 4.26. The van der Waals surface area contributed by atoms with Crippen LogP contribution in [0.25, 0.3) is 0 Å². The average molecular weight is 421 g/mol. The van der Waals surface area contributed by atoms with Crippen LogP contribution in [-0.2, 0) is 11.8 Å². The Morgan fingerprint density at radius 3 is 2.57 bits per heavy atom. The van der Waals surface area contributed by atoms with Crippen molar-refractivity contribution in [2.75, 3.05) is 11.6 Å². The van der Waals surface area contributed by atoms with Gasteiger partial charge in [-0.1, -0.05) is 29.8 Å². The van der Waals surface area contributed by atoms with E-state index in [1.165, 1.54) is 0 Å². The van der Waals surface area contributed by atoms with E-state index in [4.69, 9.17) is 0 Å². The lowest BCUT2D eigenvalue weighted by Crippen LogP contribution is -2.50. The zero-order valence-electron chi connectivity index (χ0n) is 17.4. The average Bonchev–Trinajstić information content (AvgIpc) is 3.01. The molecule has 2 N–H and O–H groups in total. The van der Waals surface area contributed by atoms with Crippen LogP contribution >= 0.6 is 11.8 Å². The van der Waals surface area contributed by atoms with Crippen LogP contribution in [0.15, 0.2) is 53.4 Å². The van der Waals surface area contributed by atoms with Crippen molar-refractivity contribution in [1.29, 1.82) is 0 Å². The molecular formula is C23H24N4O2S. The predicted molar refractivity (Wildman–Crippen MR) is 119 cm³/mol. The third kappa shape index (κ3) is 3.61. The molecule has 0 radical (unpaired) electrons. The first-order chi connectivity index (χ1) is 14.4. The number of benzene rings is 2. The fraction of sp³-hybridized carbons (Fsp3) is 0.261. The number of hydrogen-bond donors (Lipinski definition) is 2. The summed E-state index contributed by atoms with van der Waals surface area (Å²) >= 11 is 1.66. The van der Waals surface area contributed by atoms with Gasteiger partial charge in [0, 0.05) is 29.0 Å². The van der Waals surface area contributed by atoms with Crippen molar-refractivity contribution in [2.24, 2.45) is 7.05 Å². The van der Waals surface area contributed by atoms with Crippen molar-refractivity contribution in [3.63, 3.8) is 0 Å². The molecule has 4 rings (SSSR count). The van der Waals surface area contributed by atoms with Gasteiger partial charge in [0.1, 0.15) is 11.9 Å². The summed E-state index contributed by atoms with van der Waals surface area (Å²) in [6, 6.07) is 14.7. The van der Waals surface area contributed by atoms with Crippen LogP contribution in [0.3, 0.4) is 0 Å². The molecule has 3 aromatic rings. The molecule has 0 bridgehead atoms. The molecule has 1 aliphatic rings. The third-order valence-electron chi connectivity index (χ3n) is 5.48. The Morgan fingerprint density at radius 2 is 1.90 bits per heavy atom. The van der Waals surface area contributed by atoms with E-state index in [0.717, 1.165) is 27.3 Å². The molecule has 6 nitrogen and oxygen atoms in total. The maximum atomic E-state index is 13.1. The fourth-order valence-corrected chi connectivity index (χ4v) is 4.45. The minimum atomic E-state index is -0.742. The highest BCUT2D eigenvalue weighted by Crippen LogP contribution is 2.39. The second-order valence-corrected chi connectivity index (χ2v) is 8.41. The SMILES string of the molecule is CSc1ccc([C@H]2c3c(C)nn(C)c3NC(=O)[C@@H]2NC(=O)c2cccc(C)c2)cc1. The highest BCUT2D eigenvalue weighted by Gasteiger charge is 2.41. The molecule has 0 aliphatic carbocycles. The van der Waals surface area contributed by atoms with Gasteiger partial charge in [-0.3, -0.25) is 14.3 Å². The smallest absolute Gasteiger partial charge is 0.251 e. The van der Waals surface area contributed by atoms with E-state index < -0.39 is 6.04 Å². The molecule has 2 aromatic carbocycles. The molecule has 1 aromatic heterocycles. The lowest BCUT2D eigenvalue weighted by molar-refractivity contribution is -0.118. The maximum absolute atomic E-state index is 13.1. The van der Waals surface area contributed by atoms with E-state index in [1.54, 1.807) is 22.5 Å². The topological polar surface area (TPSA) is 76.0 Å². The number of anilines is 1. The predicted octanol–water partition coefficient (Wildman–Crippen LogP) is 3.64. The monoisotopic (exact) mass is 420 g/mol. The van der Waals surface area contributed by atoms with Crippen LogP contribution in [0.2, 0.25) is 0 Å². The molecule has 2 atom stereocenters. The summed E-state index contributed by atoms with van der Waals surface area (Å²) < 4.78 is 1.68. The van der Waals surface area contributed by atoms with E-state index in [0.29, 0.717) is 11.4 Å². The van der Waals surface area contributed by atoms with Crippen molar-refractivity contribution < 1.29 is 9.59 Å². The van der Waals surface area contributed by atoms with Gasteiger partial charge in [0.15, 0.2) is 0 Å². The van der Waals surface area contributed by atoms with Crippen LogP contribution < -0.4 is 10.6 Å². The zero-order chi connectivity index (χ0) is 21.4. The number of hydrogen-bond acceptors (Lipinski definition) is 4. The lowest BCUT2D eigenvalue weighted by atomic mass is 9.82. The summed E-state index contributed by atoms with van der Waals surface area (Å²) in [5, 5.41) is 10.4. The first-order valence-corrected chi connectivity index (χ1v) is 11.0. The number of thioether (sulfide) groups is 1. The van der Waals surface area contributed by atoms with Crippen LogP contribution in [0, 0.1) is 13.8 Å². The minimum absolute atomic E-state index is 0.245. The Kier molecular flexibility index (Phi) is 5.39. The van der Waals surface area contributed by atoms with Gasteiger partial charge in [0.2, 0.25) is 5.91 Å². The number of carbonyl (C=O) groups excluding carboxylic acids is 2. The molecule has 0 saturated heterocycles. The molecule has 154 valence electrons. The van der Waals surface area contributed by atoms with Gasteiger partial charge >= 0.3 is 0 Å². The molecule has 2 amide bonds. The second kappa shape index (κ2) is 7.99. The molecule has 1 aliphatic heterocycles. The molecule has 0 fully saturated rings. The zero-order valence-corrected chi connectivity index (χ0v) is 18.2. The summed E-state index contributed by atoms with van der Waals surface area (Å²) in [7, 11) is 1.81. The van der Waals surface area contributed by atoms with Crippen molar-refractivity contribution >= 4 is 29.4 Å². The number of rotatable bonds is 4. The Bertz CT molecular complexity index is 1120. The number of aromatic nitrogens is 2. The Morgan fingerprint density at radius 1 is 1.17 bits per heavy atom. The summed E-state index contributed by atoms with van der Waals surface area (Å²) in [6.07, 6.45) is 2.03. The van der Waals surface area contributed by atoms with E-state index in [2.05, 4.69) is 15.7 Å². The van der Waals surface area contributed by atoms with Gasteiger partial charge in [0.05, 0.1) is 5.69 Å². The molecule has 0 spiro atoms. The minimum Gasteiger partial charge on any atom is -0.339 e. The van der Waals surface area contributed by atoms with Gasteiger partial charge in [-0.15, -0.1) is 11.8 Å². The van der Waals surface area contributed by atoms with Crippen molar-refractivity contribution in [2.45, 2.75) is 30.7 Å². The molecule has 7 heteroatoms. The van der Waals surface area contributed by atoms with Gasteiger partial charge in [-0.05, 0) is 49.9 Å². The number of nitrogens with one attached hydrogen (secondary N) is 2. The molecule has 0 unspecified atom stereocenters. The quantitative estimate of drug-likeness (QED) is 0.632. The summed E-state index contributed by atoms with van der Waals surface area (Å²) in [5.74, 6) is -0.162. The van der Waals surface area contributed by atoms with Crippen molar-refractivity contribution in [3.8, 4) is 0 Å². The van der Waals surface area contributed by atoms with Gasteiger partial charge in [0.25, 0.3) is 5.91 Å². The number of fused-ring (bicyclic) bond motifs is 1. The van der Waals surface area contributed by atoms with E-state index in [1.807, 2.05) is 69.6 Å². The van der Waals surface area contributed by atoms with E-state index >= 15 is 0 Å². The lowest BCUT2D eigenvalue weighted by Gasteiger charge is -2.32. The number of aryl methyl sites for hydroxylation is 3. The van der Waals surface area contributed by atoms with Gasteiger partial charge < -0.3 is 10.6 Å². The first kappa shape index (κ1) is 20.2. The maximum Gasteiger partial charge on any atom is 0.251 e. The van der Waals surface area contributed by atoms with Crippen LogP contribution in [0.1, 0.15) is 38.7 Å². The molecule has 2 heterocycles. The van der Waals surface area contributed by atoms with Crippen LogP contribution in [-0.4, -0.2) is 33.9 Å². The highest BCUT2D eigenvalue weighted by molar-refractivity contribution is 7.98. The summed E-state index contributed by atoms with van der Waals surface area (Å²) in [4.78, 5) is 27.2. The van der Waals surface area contributed by atoms with E-state index in [-0.39, 0.29) is 17.7 Å². The Labute approximate surface area is 180 Å². The Balaban J connectivity index is 1.77. The van der Waals surface area contributed by atoms with Crippen molar-refractivity contribution in [1.82, 2.24) is 15.1 Å². The molecule has 0 saturated carbocycles. The van der Waals surface area contributed by atoms with Crippen LogP contribution in [0.5, 0.6) is 0 Å². The van der Waals surface area contributed by atoms with E-state index in [9.17, 15) is 9.59 Å². The summed E-state index contributed by atoms with van der Waals surface area (Å²) in [6.45, 7) is 3.87. The number of nitrogens with zero attached hydrogens (tertiary/aromatic N) is 2. The van der Waals surface area contributed by atoms with Crippen molar-refractivity contribution in [3.05, 3.63) is 76.5 Å². The second-order valence-electron chi connectivity index (χ2n) is 7.53. The standard InChI is InChI=1S/C23H24N4O2S/c1-13-6-5-7-16(12-13)22(28)24-20-19(15-8-10-17(30-4)11-9-15)18-14(2)26-27(3)21(18)25-23(20)29/h5-12,19-20H,1-4H3,(H,24,28)(H,25,29)/t19-,20+/m0/s1. The number of carbonyl (C=O) groups is 2. The third-order valence-corrected chi connectivity index (χ3v) is 6.22. The van der Waals surface area contributed by atoms with Crippen LogP contribution in [0.4, 0.5) is 5.82 Å².